The topological polar surface area (TPSA) is 208 Å². The van der Waals surface area contributed by atoms with Crippen molar-refractivity contribution < 1.29 is 25.9 Å². The Morgan fingerprint density at radius 1 is 1.00 bits per heavy atom. The summed E-state index contributed by atoms with van der Waals surface area (Å²) in [5.74, 6) is 0. The van der Waals surface area contributed by atoms with Crippen LogP contribution in [0.15, 0.2) is 5.22 Å². The largest absolute Gasteiger partial charge is 0.330 e. The van der Waals surface area contributed by atoms with Gasteiger partial charge in [0.2, 0.25) is 0 Å². The fourth-order valence-electron chi connectivity index (χ4n) is 0.888. The van der Waals surface area contributed by atoms with E-state index >= 15 is 0 Å². The fourth-order valence-corrected chi connectivity index (χ4v) is 0.888. The first-order chi connectivity index (χ1) is 10.4. The minimum atomic E-state index is -3.67. The van der Waals surface area contributed by atoms with Crippen LogP contribution in [0.1, 0.15) is 19.3 Å². The molecule has 0 amide bonds. The SMILES string of the molecule is CS(=O)(=O)O.CS(=O)(=O)O.[N-]=[N+]=NNCCCCNCCCN. The average molecular weight is 378 g/mol. The van der Waals surface area contributed by atoms with Crippen LogP contribution in [-0.2, 0) is 20.2 Å². The molecule has 23 heavy (non-hydrogen) atoms. The monoisotopic (exact) mass is 378 g/mol. The van der Waals surface area contributed by atoms with Gasteiger partial charge in [0.15, 0.2) is 0 Å². The van der Waals surface area contributed by atoms with E-state index in [2.05, 4.69) is 20.9 Å². The lowest BCUT2D eigenvalue weighted by Gasteiger charge is -2.01. The summed E-state index contributed by atoms with van der Waals surface area (Å²) >= 11 is 0. The summed E-state index contributed by atoms with van der Waals surface area (Å²) in [4.78, 5) is 2.58. The number of rotatable bonds is 9. The number of nitrogens with zero attached hydrogens (tertiary/aromatic N) is 3. The zero-order valence-corrected chi connectivity index (χ0v) is 14.8. The van der Waals surface area contributed by atoms with Crippen molar-refractivity contribution in [3.05, 3.63) is 10.4 Å². The highest BCUT2D eigenvalue weighted by Crippen LogP contribution is 1.84. The van der Waals surface area contributed by atoms with Gasteiger partial charge in [-0.15, -0.1) is 5.53 Å². The summed E-state index contributed by atoms with van der Waals surface area (Å²) in [5.41, 5.74) is 15.9. The Kier molecular flexibility index (Phi) is 20.0. The summed E-state index contributed by atoms with van der Waals surface area (Å²) in [7, 11) is -7.33. The first kappa shape index (κ1) is 26.7. The van der Waals surface area contributed by atoms with Gasteiger partial charge in [-0.2, -0.15) is 21.7 Å². The molecule has 0 heterocycles. The van der Waals surface area contributed by atoms with Crippen LogP contribution < -0.4 is 16.5 Å². The van der Waals surface area contributed by atoms with Crippen LogP contribution in [0.5, 0.6) is 0 Å². The van der Waals surface area contributed by atoms with Gasteiger partial charge in [0, 0.05) is 0 Å². The molecular formula is C9H26N6O6S2. The van der Waals surface area contributed by atoms with E-state index in [1.54, 1.807) is 0 Å². The van der Waals surface area contributed by atoms with E-state index in [0.717, 1.165) is 45.4 Å². The Balaban J connectivity index is -0.000000329. The molecule has 0 saturated carbocycles. The zero-order valence-electron chi connectivity index (χ0n) is 13.2. The molecular weight excluding hydrogens is 352 g/mol. The normalized spacial score (nSPS) is 10.3. The molecule has 0 spiro atoms. The van der Waals surface area contributed by atoms with Crippen LogP contribution in [0, 0.1) is 0 Å². The summed E-state index contributed by atoms with van der Waals surface area (Å²) in [6.07, 6.45) is 4.55. The van der Waals surface area contributed by atoms with Crippen LogP contribution in [-0.4, -0.2) is 64.6 Å². The molecule has 0 saturated heterocycles. The van der Waals surface area contributed by atoms with E-state index in [1.165, 1.54) is 0 Å². The third kappa shape index (κ3) is 94.6. The Morgan fingerprint density at radius 3 is 1.78 bits per heavy atom. The molecule has 0 aromatic heterocycles. The third-order valence-electron chi connectivity index (χ3n) is 1.57. The molecule has 0 bridgehead atoms. The van der Waals surface area contributed by atoms with E-state index in [0.29, 0.717) is 12.5 Å². The Bertz CT molecular complexity index is 457. The van der Waals surface area contributed by atoms with Gasteiger partial charge in [-0.25, -0.2) is 0 Å². The molecule has 0 rings (SSSR count). The van der Waals surface area contributed by atoms with Crippen LogP contribution in [0.3, 0.4) is 0 Å². The number of hydrogen-bond donors (Lipinski definition) is 5. The van der Waals surface area contributed by atoms with Crippen LogP contribution in [0.4, 0.5) is 0 Å². The van der Waals surface area contributed by atoms with Crippen molar-refractivity contribution in [3.63, 3.8) is 0 Å². The Hall–Kier alpha value is -1.15. The van der Waals surface area contributed by atoms with Crippen LogP contribution in [0.25, 0.3) is 10.4 Å². The highest BCUT2D eigenvalue weighted by Gasteiger charge is 1.89. The van der Waals surface area contributed by atoms with Crippen molar-refractivity contribution in [2.75, 3.05) is 38.7 Å². The lowest BCUT2D eigenvalue weighted by Crippen LogP contribution is -2.20. The van der Waals surface area contributed by atoms with E-state index in [9.17, 15) is 16.8 Å². The molecule has 0 radical (unpaired) electrons. The van der Waals surface area contributed by atoms with Crippen molar-refractivity contribution in [2.24, 2.45) is 11.0 Å². The maximum absolute atomic E-state index is 9.19. The van der Waals surface area contributed by atoms with Crippen molar-refractivity contribution >= 4 is 20.2 Å². The maximum Gasteiger partial charge on any atom is 0.261 e. The number of nitrogens with two attached hydrogens (primary N) is 1. The highest BCUT2D eigenvalue weighted by atomic mass is 32.2. The molecule has 0 aliphatic carbocycles. The van der Waals surface area contributed by atoms with Crippen LogP contribution in [0.2, 0.25) is 0 Å². The Labute approximate surface area is 136 Å². The number of azide groups is 1. The fraction of sp³-hybridized carbons (Fsp3) is 1.00. The van der Waals surface area contributed by atoms with Gasteiger partial charge >= 0.3 is 0 Å². The van der Waals surface area contributed by atoms with Crippen molar-refractivity contribution in [3.8, 4) is 0 Å². The van der Waals surface area contributed by atoms with E-state index in [4.69, 9.17) is 20.4 Å². The zero-order chi connectivity index (χ0) is 18.8. The molecule has 6 N–H and O–H groups in total. The standard InChI is InChI=1S/C7H18N6.2CH4O3S/c8-4-3-6-10-5-1-2-7-11-13-12-9;2*1-5(2,3)4/h10-11H,1-8H2;2*1H3,(H,2,3,4). The second-order valence-corrected chi connectivity index (χ2v) is 7.10. The van der Waals surface area contributed by atoms with Gasteiger partial charge in [-0.05, 0) is 44.1 Å². The van der Waals surface area contributed by atoms with E-state index < -0.39 is 20.2 Å². The molecule has 0 aliphatic rings. The summed E-state index contributed by atoms with van der Waals surface area (Å²) in [6.45, 7) is 3.46. The predicted octanol–water partition coefficient (Wildman–Crippen LogP) is -0.472. The summed E-state index contributed by atoms with van der Waals surface area (Å²) in [5, 5.41) is 6.48. The molecule has 0 aromatic carbocycles. The molecule has 0 atom stereocenters. The Morgan fingerprint density at radius 2 is 1.39 bits per heavy atom. The van der Waals surface area contributed by atoms with E-state index in [-0.39, 0.29) is 0 Å². The molecule has 0 aliphatic heterocycles. The van der Waals surface area contributed by atoms with Gasteiger partial charge in [-0.1, -0.05) is 0 Å². The predicted molar refractivity (Wildman–Crippen MR) is 87.9 cm³/mol. The molecule has 0 unspecified atom stereocenters. The molecule has 12 nitrogen and oxygen atoms in total. The van der Waals surface area contributed by atoms with Crippen molar-refractivity contribution in [2.45, 2.75) is 19.3 Å². The van der Waals surface area contributed by atoms with Gasteiger partial charge in [0.05, 0.1) is 19.1 Å². The summed E-state index contributed by atoms with van der Waals surface area (Å²) < 4.78 is 51.7. The lowest BCUT2D eigenvalue weighted by molar-refractivity contribution is 0.488. The maximum atomic E-state index is 9.19. The van der Waals surface area contributed by atoms with Gasteiger partial charge in [0.1, 0.15) is 0 Å². The van der Waals surface area contributed by atoms with Crippen molar-refractivity contribution in [1.82, 2.24) is 10.7 Å². The second kappa shape index (κ2) is 17.2. The molecule has 0 aromatic rings. The first-order valence-corrected chi connectivity index (χ1v) is 10.1. The van der Waals surface area contributed by atoms with Gasteiger partial charge < -0.3 is 11.1 Å². The molecule has 14 heteroatoms. The minimum absolute atomic E-state index is 0.715. The van der Waals surface area contributed by atoms with Crippen LogP contribution >= 0.6 is 0 Å². The number of unbranched alkanes of at least 4 members (excludes halogenated alkanes) is 1. The van der Waals surface area contributed by atoms with Crippen molar-refractivity contribution in [1.29, 1.82) is 0 Å². The highest BCUT2D eigenvalue weighted by molar-refractivity contribution is 7.85. The average Bonchev–Trinajstić information content (AvgIpc) is 2.33. The minimum Gasteiger partial charge on any atom is -0.330 e. The quantitative estimate of drug-likeness (QED) is 0.0875. The smallest absolute Gasteiger partial charge is 0.261 e. The van der Waals surface area contributed by atoms with Gasteiger partial charge in [-0.3, -0.25) is 14.5 Å². The molecule has 0 fully saturated rings. The van der Waals surface area contributed by atoms with E-state index in [1.807, 2.05) is 0 Å². The molecule has 140 valence electrons. The second-order valence-electron chi connectivity index (χ2n) is 4.16. The number of hydrogen-bond acceptors (Lipinski definition) is 7. The summed E-state index contributed by atoms with van der Waals surface area (Å²) in [6, 6.07) is 0. The third-order valence-corrected chi connectivity index (χ3v) is 1.57. The lowest BCUT2D eigenvalue weighted by atomic mass is 10.3. The van der Waals surface area contributed by atoms with Gasteiger partial charge in [0.25, 0.3) is 20.2 Å². The first-order valence-electron chi connectivity index (χ1n) is 6.44. The number of nitrogens with one attached hydrogen (secondary N) is 2.